The largest absolute Gasteiger partial charge is 0.508 e. The number of aromatic amines is 1. The van der Waals surface area contributed by atoms with Gasteiger partial charge in [-0.3, -0.25) is 4.90 Å². The summed E-state index contributed by atoms with van der Waals surface area (Å²) in [5, 5.41) is 11.4. The first-order chi connectivity index (χ1) is 12.2. The number of benzene rings is 2. The Bertz CT molecular complexity index is 836. The maximum atomic E-state index is 10.2. The van der Waals surface area contributed by atoms with E-state index < -0.39 is 0 Å². The summed E-state index contributed by atoms with van der Waals surface area (Å²) >= 11 is 0. The van der Waals surface area contributed by atoms with Crippen molar-refractivity contribution in [3.8, 4) is 5.75 Å². The van der Waals surface area contributed by atoms with Gasteiger partial charge >= 0.3 is 0 Å². The lowest BCUT2D eigenvalue weighted by molar-refractivity contribution is 0.284. The highest BCUT2D eigenvalue weighted by molar-refractivity contribution is 5.88. The molecule has 0 saturated carbocycles. The van der Waals surface area contributed by atoms with E-state index in [9.17, 15) is 5.11 Å². The molecule has 2 aromatic carbocycles. The van der Waals surface area contributed by atoms with E-state index in [1.807, 2.05) is 12.1 Å². The Hall–Kier alpha value is -2.52. The van der Waals surface area contributed by atoms with Crippen LogP contribution in [0.3, 0.4) is 0 Å². The number of nitrogens with zero attached hydrogens (tertiary/aromatic N) is 1. The second-order valence-electron chi connectivity index (χ2n) is 6.40. The predicted octanol–water partition coefficient (Wildman–Crippen LogP) is 4.67. The number of likely N-dealkylation sites (N-methyl/N-ethyl adjacent to an activating group) is 1. The first kappa shape index (κ1) is 17.3. The molecule has 1 aromatic heterocycles. The SMILES string of the molecule is C=CCc1c(O)ccc2[nH]cc(CCN(CC)Cc3ccccc3)c12. The molecular formula is C22H26N2O. The number of fused-ring (bicyclic) bond motifs is 1. The third-order valence-electron chi connectivity index (χ3n) is 4.75. The summed E-state index contributed by atoms with van der Waals surface area (Å²) in [6, 6.07) is 14.3. The van der Waals surface area contributed by atoms with Gasteiger partial charge in [0.2, 0.25) is 0 Å². The van der Waals surface area contributed by atoms with Crippen LogP contribution in [-0.2, 0) is 19.4 Å². The van der Waals surface area contributed by atoms with Crippen LogP contribution in [0.25, 0.3) is 10.9 Å². The van der Waals surface area contributed by atoms with Crippen molar-refractivity contribution in [2.45, 2.75) is 26.3 Å². The lowest BCUT2D eigenvalue weighted by Crippen LogP contribution is -2.25. The third kappa shape index (κ3) is 3.94. The van der Waals surface area contributed by atoms with E-state index in [2.05, 4.69) is 59.9 Å². The van der Waals surface area contributed by atoms with Gasteiger partial charge in [-0.2, -0.15) is 0 Å². The summed E-state index contributed by atoms with van der Waals surface area (Å²) in [4.78, 5) is 5.79. The van der Waals surface area contributed by atoms with Crippen molar-refractivity contribution in [3.05, 3.63) is 78.0 Å². The molecule has 1 heterocycles. The molecular weight excluding hydrogens is 308 g/mol. The van der Waals surface area contributed by atoms with Gasteiger partial charge in [0.05, 0.1) is 0 Å². The van der Waals surface area contributed by atoms with Gasteiger partial charge < -0.3 is 10.1 Å². The summed E-state index contributed by atoms with van der Waals surface area (Å²) < 4.78 is 0. The molecule has 0 unspecified atom stereocenters. The molecule has 0 aliphatic heterocycles. The Morgan fingerprint density at radius 2 is 1.96 bits per heavy atom. The Balaban J connectivity index is 1.78. The Morgan fingerprint density at radius 3 is 2.68 bits per heavy atom. The molecule has 3 heteroatoms. The molecule has 0 amide bonds. The van der Waals surface area contributed by atoms with Crippen LogP contribution < -0.4 is 0 Å². The minimum absolute atomic E-state index is 0.352. The number of rotatable bonds is 8. The molecule has 0 aliphatic carbocycles. The van der Waals surface area contributed by atoms with Crippen LogP contribution >= 0.6 is 0 Å². The lowest BCUT2D eigenvalue weighted by atomic mass is 10.0. The molecule has 0 fully saturated rings. The van der Waals surface area contributed by atoms with E-state index in [0.29, 0.717) is 12.2 Å². The number of allylic oxidation sites excluding steroid dienone is 1. The Kier molecular flexibility index (Phi) is 5.56. The van der Waals surface area contributed by atoms with E-state index in [4.69, 9.17) is 0 Å². The molecule has 130 valence electrons. The zero-order chi connectivity index (χ0) is 17.6. The number of aromatic hydroxyl groups is 1. The van der Waals surface area contributed by atoms with Gasteiger partial charge in [-0.1, -0.05) is 43.3 Å². The number of hydrogen-bond acceptors (Lipinski definition) is 2. The van der Waals surface area contributed by atoms with Crippen molar-refractivity contribution >= 4 is 10.9 Å². The first-order valence-electron chi connectivity index (χ1n) is 8.91. The van der Waals surface area contributed by atoms with Crippen LogP contribution in [0.5, 0.6) is 5.75 Å². The minimum atomic E-state index is 0.352. The van der Waals surface area contributed by atoms with Crippen LogP contribution in [0.4, 0.5) is 0 Å². The average molecular weight is 334 g/mol. The van der Waals surface area contributed by atoms with Crippen LogP contribution in [0, 0.1) is 0 Å². The second-order valence-corrected chi connectivity index (χ2v) is 6.40. The molecule has 2 N–H and O–H groups in total. The normalized spacial score (nSPS) is 11.3. The highest BCUT2D eigenvalue weighted by Crippen LogP contribution is 2.30. The molecule has 3 aromatic rings. The van der Waals surface area contributed by atoms with Crippen molar-refractivity contribution in [2.75, 3.05) is 13.1 Å². The number of phenolic OH excluding ortho intramolecular Hbond substituents is 1. The summed E-state index contributed by atoms with van der Waals surface area (Å²) in [5.74, 6) is 0.352. The Labute approximate surface area is 149 Å². The number of hydrogen-bond donors (Lipinski definition) is 2. The maximum Gasteiger partial charge on any atom is 0.119 e. The molecule has 0 saturated heterocycles. The van der Waals surface area contributed by atoms with E-state index in [1.165, 1.54) is 11.1 Å². The molecule has 25 heavy (non-hydrogen) atoms. The second kappa shape index (κ2) is 8.04. The van der Waals surface area contributed by atoms with Crippen molar-refractivity contribution in [1.82, 2.24) is 9.88 Å². The van der Waals surface area contributed by atoms with Crippen LogP contribution in [-0.4, -0.2) is 28.1 Å². The molecule has 3 nitrogen and oxygen atoms in total. The zero-order valence-electron chi connectivity index (χ0n) is 14.8. The van der Waals surface area contributed by atoms with Crippen LogP contribution in [0.15, 0.2) is 61.3 Å². The minimum Gasteiger partial charge on any atom is -0.508 e. The molecule has 0 spiro atoms. The summed E-state index contributed by atoms with van der Waals surface area (Å²) in [6.07, 6.45) is 5.55. The van der Waals surface area contributed by atoms with Gasteiger partial charge in [-0.05, 0) is 42.6 Å². The number of aromatic nitrogens is 1. The summed E-state index contributed by atoms with van der Waals surface area (Å²) in [7, 11) is 0. The number of phenols is 1. The first-order valence-corrected chi connectivity index (χ1v) is 8.91. The molecule has 0 aliphatic rings. The van der Waals surface area contributed by atoms with Crippen molar-refractivity contribution < 1.29 is 5.11 Å². The smallest absolute Gasteiger partial charge is 0.119 e. The Morgan fingerprint density at radius 1 is 1.16 bits per heavy atom. The van der Waals surface area contributed by atoms with E-state index >= 15 is 0 Å². The van der Waals surface area contributed by atoms with Gasteiger partial charge in [0.25, 0.3) is 0 Å². The van der Waals surface area contributed by atoms with Gasteiger partial charge in [-0.15, -0.1) is 6.58 Å². The highest BCUT2D eigenvalue weighted by atomic mass is 16.3. The van der Waals surface area contributed by atoms with Gasteiger partial charge in [0.1, 0.15) is 5.75 Å². The predicted molar refractivity (Wildman–Crippen MR) is 105 cm³/mol. The fraction of sp³-hybridized carbons (Fsp3) is 0.273. The van der Waals surface area contributed by atoms with E-state index in [0.717, 1.165) is 42.5 Å². The summed E-state index contributed by atoms with van der Waals surface area (Å²) in [6.45, 7) is 8.99. The van der Waals surface area contributed by atoms with E-state index in [1.54, 1.807) is 6.07 Å². The average Bonchev–Trinajstić information content (AvgIpc) is 3.05. The zero-order valence-corrected chi connectivity index (χ0v) is 14.8. The fourth-order valence-electron chi connectivity index (χ4n) is 3.38. The fourth-order valence-corrected chi connectivity index (χ4v) is 3.38. The van der Waals surface area contributed by atoms with Crippen molar-refractivity contribution in [1.29, 1.82) is 0 Å². The van der Waals surface area contributed by atoms with Gasteiger partial charge in [0.15, 0.2) is 0 Å². The lowest BCUT2D eigenvalue weighted by Gasteiger charge is -2.20. The van der Waals surface area contributed by atoms with Gasteiger partial charge in [-0.25, -0.2) is 0 Å². The van der Waals surface area contributed by atoms with Crippen molar-refractivity contribution in [2.24, 2.45) is 0 Å². The molecule has 0 radical (unpaired) electrons. The molecule has 0 atom stereocenters. The number of H-pyrrole nitrogens is 1. The standard InChI is InChI=1S/C22H26N2O/c1-3-8-19-21(25)12-11-20-22(19)18(15-23-20)13-14-24(4-2)16-17-9-6-5-7-10-17/h3,5-7,9-12,15,23,25H,1,4,8,13-14,16H2,2H3. The van der Waals surface area contributed by atoms with Gasteiger partial charge in [0, 0.05) is 35.8 Å². The quantitative estimate of drug-likeness (QED) is 0.588. The van der Waals surface area contributed by atoms with Crippen LogP contribution in [0.2, 0.25) is 0 Å². The third-order valence-corrected chi connectivity index (χ3v) is 4.75. The van der Waals surface area contributed by atoms with Crippen molar-refractivity contribution in [3.63, 3.8) is 0 Å². The summed E-state index contributed by atoms with van der Waals surface area (Å²) in [5.41, 5.74) is 4.65. The monoisotopic (exact) mass is 334 g/mol. The highest BCUT2D eigenvalue weighted by Gasteiger charge is 2.13. The topological polar surface area (TPSA) is 39.3 Å². The van der Waals surface area contributed by atoms with Crippen LogP contribution in [0.1, 0.15) is 23.6 Å². The maximum absolute atomic E-state index is 10.2. The molecule has 3 rings (SSSR count). The van der Waals surface area contributed by atoms with E-state index in [-0.39, 0.29) is 0 Å². The molecule has 0 bridgehead atoms. The number of nitrogens with one attached hydrogen (secondary N) is 1.